The number of nitrogens with two attached hydrogens (primary N) is 1. The van der Waals surface area contributed by atoms with Gasteiger partial charge >= 0.3 is 0 Å². The molecule has 0 amide bonds. The first-order valence-electron chi connectivity index (χ1n) is 5.51. The Bertz CT molecular complexity index is 498. The fourth-order valence-corrected chi connectivity index (χ4v) is 1.94. The quantitative estimate of drug-likeness (QED) is 0.942. The van der Waals surface area contributed by atoms with Crippen molar-refractivity contribution in [2.75, 3.05) is 0 Å². The smallest absolute Gasteiger partial charge is 0.243 e. The largest absolute Gasteiger partial charge is 0.338 e. The average Bonchev–Trinajstić information content (AvgIpc) is 2.76. The van der Waals surface area contributed by atoms with Crippen LogP contribution in [-0.4, -0.2) is 10.1 Å². The molecule has 0 fully saturated rings. The van der Waals surface area contributed by atoms with Gasteiger partial charge in [-0.25, -0.2) is 0 Å². The molecule has 0 aliphatic rings. The minimum Gasteiger partial charge on any atom is -0.338 e. The molecule has 2 N–H and O–H groups in total. The number of halogens is 1. The van der Waals surface area contributed by atoms with Crippen LogP contribution in [0.2, 0.25) is 0 Å². The normalized spacial score (nSPS) is 12.6. The Morgan fingerprint density at radius 3 is 3.00 bits per heavy atom. The van der Waals surface area contributed by atoms with Crippen molar-refractivity contribution in [1.29, 1.82) is 0 Å². The molecule has 1 aromatic heterocycles. The van der Waals surface area contributed by atoms with E-state index in [-0.39, 0.29) is 6.04 Å². The van der Waals surface area contributed by atoms with Crippen LogP contribution in [0.4, 0.5) is 0 Å². The maximum Gasteiger partial charge on any atom is 0.243 e. The average molecular weight is 296 g/mol. The number of aromatic nitrogens is 2. The van der Waals surface area contributed by atoms with E-state index < -0.39 is 0 Å². The summed E-state index contributed by atoms with van der Waals surface area (Å²) in [6, 6.07) is 7.87. The number of benzene rings is 1. The molecule has 0 saturated carbocycles. The topological polar surface area (TPSA) is 64.9 Å². The van der Waals surface area contributed by atoms with E-state index in [2.05, 4.69) is 26.1 Å². The van der Waals surface area contributed by atoms with Gasteiger partial charge in [0.25, 0.3) is 0 Å². The summed E-state index contributed by atoms with van der Waals surface area (Å²) in [5.41, 5.74) is 6.96. The van der Waals surface area contributed by atoms with Crippen LogP contribution in [0.25, 0.3) is 0 Å². The lowest BCUT2D eigenvalue weighted by atomic mass is 10.1. The summed E-state index contributed by atoms with van der Waals surface area (Å²) >= 11 is 3.43. The van der Waals surface area contributed by atoms with E-state index in [4.69, 9.17) is 10.3 Å². The Balaban J connectivity index is 2.11. The third-order valence-corrected chi connectivity index (χ3v) is 2.99. The van der Waals surface area contributed by atoms with E-state index in [0.717, 1.165) is 16.5 Å². The first kappa shape index (κ1) is 12.3. The van der Waals surface area contributed by atoms with Gasteiger partial charge in [-0.1, -0.05) is 40.1 Å². The van der Waals surface area contributed by atoms with Gasteiger partial charge in [-0.05, 0) is 24.1 Å². The maximum absolute atomic E-state index is 5.82. The maximum atomic E-state index is 5.82. The molecule has 5 heteroatoms. The minimum atomic E-state index is -0.168. The van der Waals surface area contributed by atoms with Crippen molar-refractivity contribution in [1.82, 2.24) is 10.1 Å². The highest BCUT2D eigenvalue weighted by atomic mass is 79.9. The lowest BCUT2D eigenvalue weighted by Crippen LogP contribution is -2.08. The number of hydrogen-bond donors (Lipinski definition) is 1. The van der Waals surface area contributed by atoms with E-state index in [1.807, 2.05) is 31.2 Å². The predicted molar refractivity (Wildman–Crippen MR) is 68.5 cm³/mol. The summed E-state index contributed by atoms with van der Waals surface area (Å²) < 4.78 is 6.17. The molecule has 0 bridgehead atoms. The van der Waals surface area contributed by atoms with Gasteiger partial charge in [0.05, 0.1) is 6.04 Å². The Labute approximate surface area is 108 Å². The number of rotatable bonds is 4. The Hall–Kier alpha value is -1.20. The fourth-order valence-electron chi connectivity index (χ4n) is 1.49. The molecular weight excluding hydrogens is 282 g/mol. The molecule has 1 heterocycles. The molecule has 0 aliphatic carbocycles. The first-order valence-corrected chi connectivity index (χ1v) is 6.31. The van der Waals surface area contributed by atoms with Crippen molar-refractivity contribution in [3.05, 3.63) is 46.0 Å². The zero-order valence-electron chi connectivity index (χ0n) is 9.56. The summed E-state index contributed by atoms with van der Waals surface area (Å²) in [6.07, 6.45) is 1.44. The summed E-state index contributed by atoms with van der Waals surface area (Å²) in [4.78, 5) is 4.29. The molecule has 1 unspecified atom stereocenters. The Morgan fingerprint density at radius 1 is 1.47 bits per heavy atom. The molecule has 17 heavy (non-hydrogen) atoms. The summed E-state index contributed by atoms with van der Waals surface area (Å²) in [6.45, 7) is 1.99. The second-order valence-electron chi connectivity index (χ2n) is 3.87. The highest BCUT2D eigenvalue weighted by molar-refractivity contribution is 9.10. The van der Waals surface area contributed by atoms with Crippen LogP contribution < -0.4 is 5.73 Å². The third kappa shape index (κ3) is 3.14. The van der Waals surface area contributed by atoms with Crippen LogP contribution in [0.1, 0.15) is 36.7 Å². The van der Waals surface area contributed by atoms with E-state index >= 15 is 0 Å². The summed E-state index contributed by atoms with van der Waals surface area (Å²) in [5, 5.41) is 3.93. The molecule has 90 valence electrons. The third-order valence-electron chi connectivity index (χ3n) is 2.49. The zero-order valence-corrected chi connectivity index (χ0v) is 11.1. The van der Waals surface area contributed by atoms with Crippen LogP contribution in [0.5, 0.6) is 0 Å². The molecule has 0 aliphatic heterocycles. The molecular formula is C12H14BrN3O. The minimum absolute atomic E-state index is 0.168. The molecule has 4 nitrogen and oxygen atoms in total. The number of nitrogens with zero attached hydrogens (tertiary/aromatic N) is 2. The van der Waals surface area contributed by atoms with Gasteiger partial charge < -0.3 is 10.3 Å². The van der Waals surface area contributed by atoms with Crippen molar-refractivity contribution in [3.63, 3.8) is 0 Å². The second kappa shape index (κ2) is 5.42. The van der Waals surface area contributed by atoms with Gasteiger partial charge in [0.1, 0.15) is 0 Å². The van der Waals surface area contributed by atoms with Gasteiger partial charge in [0.2, 0.25) is 5.89 Å². The van der Waals surface area contributed by atoms with Crippen molar-refractivity contribution >= 4 is 15.9 Å². The van der Waals surface area contributed by atoms with E-state index in [1.165, 1.54) is 0 Å². The van der Waals surface area contributed by atoms with Crippen LogP contribution in [-0.2, 0) is 6.42 Å². The Morgan fingerprint density at radius 2 is 2.29 bits per heavy atom. The van der Waals surface area contributed by atoms with Crippen LogP contribution in [0.15, 0.2) is 33.3 Å². The molecule has 0 saturated heterocycles. The van der Waals surface area contributed by atoms with E-state index in [0.29, 0.717) is 18.1 Å². The summed E-state index contributed by atoms with van der Waals surface area (Å²) in [5.74, 6) is 1.18. The van der Waals surface area contributed by atoms with Gasteiger partial charge in [0.15, 0.2) is 5.82 Å². The van der Waals surface area contributed by atoms with Crippen LogP contribution in [0.3, 0.4) is 0 Å². The van der Waals surface area contributed by atoms with Gasteiger partial charge in [-0.15, -0.1) is 0 Å². The molecule has 1 atom stereocenters. The Kier molecular flexibility index (Phi) is 3.91. The first-order chi connectivity index (χ1) is 8.19. The fraction of sp³-hybridized carbons (Fsp3) is 0.333. The zero-order chi connectivity index (χ0) is 12.3. The molecule has 2 aromatic rings. The van der Waals surface area contributed by atoms with Crippen molar-refractivity contribution in [2.24, 2.45) is 5.73 Å². The lowest BCUT2D eigenvalue weighted by molar-refractivity contribution is 0.348. The molecule has 1 aromatic carbocycles. The van der Waals surface area contributed by atoms with Crippen LogP contribution in [0, 0.1) is 0 Å². The van der Waals surface area contributed by atoms with Gasteiger partial charge in [0, 0.05) is 10.9 Å². The molecule has 2 rings (SSSR count). The standard InChI is InChI=1S/C12H14BrN3O/c1-2-10(14)12-15-11(16-17-12)7-8-4-3-5-9(13)6-8/h3-6,10H,2,7,14H2,1H3. The monoisotopic (exact) mass is 295 g/mol. The van der Waals surface area contributed by atoms with Gasteiger partial charge in [-0.3, -0.25) is 0 Å². The number of hydrogen-bond acceptors (Lipinski definition) is 4. The van der Waals surface area contributed by atoms with Crippen molar-refractivity contribution in [3.8, 4) is 0 Å². The molecule has 0 radical (unpaired) electrons. The molecule has 0 spiro atoms. The van der Waals surface area contributed by atoms with Crippen LogP contribution >= 0.6 is 15.9 Å². The van der Waals surface area contributed by atoms with E-state index in [9.17, 15) is 0 Å². The van der Waals surface area contributed by atoms with Gasteiger partial charge in [-0.2, -0.15) is 4.98 Å². The summed E-state index contributed by atoms with van der Waals surface area (Å²) in [7, 11) is 0. The van der Waals surface area contributed by atoms with Crippen molar-refractivity contribution < 1.29 is 4.52 Å². The predicted octanol–water partition coefficient (Wildman–Crippen LogP) is 2.83. The van der Waals surface area contributed by atoms with E-state index in [1.54, 1.807) is 0 Å². The lowest BCUT2D eigenvalue weighted by Gasteiger charge is -1.99. The SMILES string of the molecule is CCC(N)c1nc(Cc2cccc(Br)c2)no1. The van der Waals surface area contributed by atoms with Crippen molar-refractivity contribution in [2.45, 2.75) is 25.8 Å². The second-order valence-corrected chi connectivity index (χ2v) is 4.79. The highest BCUT2D eigenvalue weighted by Gasteiger charge is 2.12. The highest BCUT2D eigenvalue weighted by Crippen LogP contribution is 2.16.